The predicted molar refractivity (Wildman–Crippen MR) is 96.2 cm³/mol. The van der Waals surface area contributed by atoms with Crippen LogP contribution in [0.3, 0.4) is 0 Å². The van der Waals surface area contributed by atoms with Crippen LogP contribution in [0.5, 0.6) is 0 Å². The van der Waals surface area contributed by atoms with E-state index in [0.29, 0.717) is 17.7 Å². The zero-order valence-corrected chi connectivity index (χ0v) is 14.2. The molecule has 0 radical (unpaired) electrons. The molecular formula is C20H21N3O2. The first kappa shape index (κ1) is 15.8. The van der Waals surface area contributed by atoms with E-state index >= 15 is 0 Å². The molecule has 1 aromatic heterocycles. The summed E-state index contributed by atoms with van der Waals surface area (Å²) >= 11 is 0. The number of nitrogens with zero attached hydrogens (tertiary/aromatic N) is 2. The van der Waals surface area contributed by atoms with Crippen LogP contribution in [0.1, 0.15) is 30.1 Å². The van der Waals surface area contributed by atoms with Crippen LogP contribution < -0.4 is 5.56 Å². The van der Waals surface area contributed by atoms with Gasteiger partial charge in [-0.05, 0) is 31.6 Å². The number of hydrogen-bond acceptors (Lipinski definition) is 3. The number of likely N-dealkylation sites (tertiary alicyclic amines) is 1. The third kappa shape index (κ3) is 3.02. The number of carbonyl (C=O) groups excluding carboxylic acids is 1. The number of carbonyl (C=O) groups is 1. The van der Waals surface area contributed by atoms with Gasteiger partial charge < -0.3 is 9.88 Å². The maximum absolute atomic E-state index is 12.8. The summed E-state index contributed by atoms with van der Waals surface area (Å²) in [5.41, 5.74) is 1.99. The van der Waals surface area contributed by atoms with E-state index in [9.17, 15) is 9.59 Å². The van der Waals surface area contributed by atoms with Crippen molar-refractivity contribution in [1.82, 2.24) is 14.9 Å². The van der Waals surface area contributed by atoms with E-state index < -0.39 is 0 Å². The first-order valence-electron chi connectivity index (χ1n) is 8.71. The Morgan fingerprint density at radius 1 is 1.20 bits per heavy atom. The zero-order valence-electron chi connectivity index (χ0n) is 14.2. The minimum Gasteiger partial charge on any atom is -0.338 e. The number of hydrogen-bond donors (Lipinski definition) is 1. The van der Waals surface area contributed by atoms with Gasteiger partial charge in [0.1, 0.15) is 11.4 Å². The molecule has 0 spiro atoms. The molecule has 2 aliphatic rings. The van der Waals surface area contributed by atoms with Gasteiger partial charge in [-0.15, -0.1) is 0 Å². The quantitative estimate of drug-likeness (QED) is 0.858. The summed E-state index contributed by atoms with van der Waals surface area (Å²) in [7, 11) is 0. The molecule has 128 valence electrons. The van der Waals surface area contributed by atoms with Crippen molar-refractivity contribution in [1.29, 1.82) is 0 Å². The molecule has 2 aromatic rings. The van der Waals surface area contributed by atoms with E-state index in [0.717, 1.165) is 31.5 Å². The number of rotatable bonds is 2. The van der Waals surface area contributed by atoms with E-state index in [1.165, 1.54) is 11.8 Å². The lowest BCUT2D eigenvalue weighted by Crippen LogP contribution is -2.33. The van der Waals surface area contributed by atoms with Crippen LogP contribution >= 0.6 is 0 Å². The number of benzene rings is 1. The Balaban J connectivity index is 1.55. The highest BCUT2D eigenvalue weighted by Gasteiger charge is 2.37. The number of H-pyrrole nitrogens is 1. The standard InChI is InChI=1S/C20H21N3O2/c1-13-7-8-15-11-23(12-16(15)9-13)20(25)17-10-21-18(22-19(17)24)14-5-3-2-4-6-14/h2-7,10,15-16H,8-9,11-12H2,1H3,(H,21,22,24). The monoisotopic (exact) mass is 335 g/mol. The Labute approximate surface area is 146 Å². The third-order valence-electron chi connectivity index (χ3n) is 5.29. The van der Waals surface area contributed by atoms with Crippen molar-refractivity contribution in [3.8, 4) is 11.4 Å². The molecule has 1 aliphatic carbocycles. The molecule has 1 N–H and O–H groups in total. The number of aromatic nitrogens is 2. The Morgan fingerprint density at radius 3 is 2.72 bits per heavy atom. The van der Waals surface area contributed by atoms with E-state index in [1.807, 2.05) is 35.2 Å². The molecule has 1 amide bonds. The summed E-state index contributed by atoms with van der Waals surface area (Å²) in [5.74, 6) is 1.31. The first-order valence-corrected chi connectivity index (χ1v) is 8.71. The molecule has 1 aromatic carbocycles. The molecule has 1 saturated heterocycles. The Kier molecular flexibility index (Phi) is 3.99. The molecule has 25 heavy (non-hydrogen) atoms. The van der Waals surface area contributed by atoms with E-state index in [-0.39, 0.29) is 17.0 Å². The molecule has 5 heteroatoms. The van der Waals surface area contributed by atoms with E-state index in [2.05, 4.69) is 23.0 Å². The zero-order chi connectivity index (χ0) is 17.4. The van der Waals surface area contributed by atoms with Crippen LogP contribution in [-0.4, -0.2) is 33.9 Å². The highest BCUT2D eigenvalue weighted by atomic mass is 16.2. The number of fused-ring (bicyclic) bond motifs is 1. The maximum Gasteiger partial charge on any atom is 0.264 e. The molecule has 2 unspecified atom stereocenters. The van der Waals surface area contributed by atoms with Crippen LogP contribution in [0.4, 0.5) is 0 Å². The summed E-state index contributed by atoms with van der Waals surface area (Å²) in [6, 6.07) is 9.43. The smallest absolute Gasteiger partial charge is 0.264 e. The molecule has 2 heterocycles. The van der Waals surface area contributed by atoms with Crippen molar-refractivity contribution in [3.63, 3.8) is 0 Å². The Bertz CT molecular complexity index is 885. The number of amides is 1. The average molecular weight is 335 g/mol. The summed E-state index contributed by atoms with van der Waals surface area (Å²) in [6.07, 6.45) is 5.77. The van der Waals surface area contributed by atoms with Crippen LogP contribution in [0.2, 0.25) is 0 Å². The topological polar surface area (TPSA) is 66.1 Å². The number of nitrogens with one attached hydrogen (secondary N) is 1. The lowest BCUT2D eigenvalue weighted by molar-refractivity contribution is 0.0782. The molecule has 0 bridgehead atoms. The molecule has 0 saturated carbocycles. The summed E-state index contributed by atoms with van der Waals surface area (Å²) < 4.78 is 0. The lowest BCUT2D eigenvalue weighted by atomic mass is 9.83. The summed E-state index contributed by atoms with van der Waals surface area (Å²) in [4.78, 5) is 34.1. The summed E-state index contributed by atoms with van der Waals surface area (Å²) in [5, 5.41) is 0. The van der Waals surface area contributed by atoms with Crippen molar-refractivity contribution < 1.29 is 4.79 Å². The maximum atomic E-state index is 12.8. The van der Waals surface area contributed by atoms with Crippen molar-refractivity contribution in [2.45, 2.75) is 19.8 Å². The van der Waals surface area contributed by atoms with Crippen LogP contribution in [0, 0.1) is 11.8 Å². The van der Waals surface area contributed by atoms with E-state index in [1.54, 1.807) is 0 Å². The number of aromatic amines is 1. The van der Waals surface area contributed by atoms with Gasteiger partial charge in [0, 0.05) is 24.8 Å². The van der Waals surface area contributed by atoms with Gasteiger partial charge in [-0.1, -0.05) is 42.0 Å². The fourth-order valence-electron chi connectivity index (χ4n) is 3.91. The molecular weight excluding hydrogens is 314 g/mol. The molecule has 5 nitrogen and oxygen atoms in total. The molecule has 4 rings (SSSR count). The van der Waals surface area contributed by atoms with Crippen molar-refractivity contribution in [2.24, 2.45) is 11.8 Å². The van der Waals surface area contributed by atoms with Gasteiger partial charge in [-0.25, -0.2) is 4.98 Å². The first-order chi connectivity index (χ1) is 12.1. The van der Waals surface area contributed by atoms with Gasteiger partial charge in [0.15, 0.2) is 0 Å². The van der Waals surface area contributed by atoms with Gasteiger partial charge in [-0.2, -0.15) is 0 Å². The van der Waals surface area contributed by atoms with Gasteiger partial charge in [-0.3, -0.25) is 9.59 Å². The third-order valence-corrected chi connectivity index (χ3v) is 5.29. The fourth-order valence-corrected chi connectivity index (χ4v) is 3.91. The van der Waals surface area contributed by atoms with Crippen LogP contribution in [-0.2, 0) is 0 Å². The van der Waals surface area contributed by atoms with Crippen molar-refractivity contribution in [3.05, 3.63) is 64.1 Å². The largest absolute Gasteiger partial charge is 0.338 e. The molecule has 2 atom stereocenters. The molecule has 1 fully saturated rings. The van der Waals surface area contributed by atoms with Crippen LogP contribution in [0.25, 0.3) is 11.4 Å². The van der Waals surface area contributed by atoms with Crippen molar-refractivity contribution >= 4 is 5.91 Å². The number of allylic oxidation sites excluding steroid dienone is 2. The summed E-state index contributed by atoms with van der Waals surface area (Å²) in [6.45, 7) is 3.61. The van der Waals surface area contributed by atoms with Gasteiger partial charge in [0.2, 0.25) is 0 Å². The van der Waals surface area contributed by atoms with Crippen molar-refractivity contribution in [2.75, 3.05) is 13.1 Å². The second-order valence-corrected chi connectivity index (χ2v) is 7.06. The minimum absolute atomic E-state index is 0.128. The Morgan fingerprint density at radius 2 is 1.96 bits per heavy atom. The highest BCUT2D eigenvalue weighted by Crippen LogP contribution is 2.35. The SMILES string of the molecule is CC1=CCC2CN(C(=O)c3cnc(-c4ccccc4)[nH]c3=O)CC2C1. The van der Waals surface area contributed by atoms with Crippen LogP contribution in [0.15, 0.2) is 53.0 Å². The fraction of sp³-hybridized carbons (Fsp3) is 0.350. The van der Waals surface area contributed by atoms with E-state index in [4.69, 9.17) is 0 Å². The predicted octanol–water partition coefficient (Wildman–Crippen LogP) is 2.87. The normalized spacial score (nSPS) is 22.4. The van der Waals surface area contributed by atoms with Gasteiger partial charge in [0.05, 0.1) is 0 Å². The second kappa shape index (κ2) is 6.31. The second-order valence-electron chi connectivity index (χ2n) is 7.06. The molecule has 1 aliphatic heterocycles. The van der Waals surface area contributed by atoms with Gasteiger partial charge in [0.25, 0.3) is 11.5 Å². The minimum atomic E-state index is -0.372. The average Bonchev–Trinajstić information content (AvgIpc) is 3.05. The Hall–Kier alpha value is -2.69. The highest BCUT2D eigenvalue weighted by molar-refractivity contribution is 5.93. The lowest BCUT2D eigenvalue weighted by Gasteiger charge is -2.21. The van der Waals surface area contributed by atoms with Gasteiger partial charge >= 0.3 is 0 Å².